The van der Waals surface area contributed by atoms with Crippen molar-refractivity contribution in [1.82, 2.24) is 14.8 Å². The number of nitrogens with zero attached hydrogens (tertiary/aromatic N) is 3. The monoisotopic (exact) mass is 446 g/mol. The molecule has 0 spiro atoms. The average Bonchev–Trinajstić information content (AvgIpc) is 3.34. The summed E-state index contributed by atoms with van der Waals surface area (Å²) in [7, 11) is 0. The Bertz CT molecular complexity index is 1250. The van der Waals surface area contributed by atoms with Crippen LogP contribution < -0.4 is 5.32 Å². The third-order valence-electron chi connectivity index (χ3n) is 4.34. The molecule has 2 heterocycles. The summed E-state index contributed by atoms with van der Waals surface area (Å²) in [4.78, 5) is 17.0. The molecule has 0 bridgehead atoms. The van der Waals surface area contributed by atoms with Gasteiger partial charge >= 0.3 is 6.18 Å². The number of amides is 1. The number of carbonyl (C=O) groups excluding carboxylic acids is 1. The Morgan fingerprint density at radius 2 is 1.84 bits per heavy atom. The average molecular weight is 446 g/mol. The summed E-state index contributed by atoms with van der Waals surface area (Å²) in [6.07, 6.45) is -4.55. The quantitative estimate of drug-likeness (QED) is 0.408. The van der Waals surface area contributed by atoms with Gasteiger partial charge in [-0.15, -0.1) is 11.3 Å². The van der Waals surface area contributed by atoms with Crippen molar-refractivity contribution >= 4 is 23.1 Å². The van der Waals surface area contributed by atoms with Gasteiger partial charge < -0.3 is 5.32 Å². The van der Waals surface area contributed by atoms with Crippen molar-refractivity contribution in [3.63, 3.8) is 0 Å². The van der Waals surface area contributed by atoms with Gasteiger partial charge in [0.1, 0.15) is 11.6 Å². The standard InChI is InChI=1S/C21H14F4N4OS/c1-12-9-18(27-19(30)14-3-2-4-15(10-14)21(23,24)25)29(28-12)20-26-17(11-31-20)13-5-7-16(22)8-6-13/h2-11H,1H3,(H,27,30). The molecule has 0 saturated carbocycles. The molecule has 5 nitrogen and oxygen atoms in total. The van der Waals surface area contributed by atoms with E-state index in [1.165, 1.54) is 40.3 Å². The second kappa shape index (κ2) is 7.95. The first-order chi connectivity index (χ1) is 14.7. The fourth-order valence-electron chi connectivity index (χ4n) is 2.87. The second-order valence-electron chi connectivity index (χ2n) is 6.64. The van der Waals surface area contributed by atoms with Crippen molar-refractivity contribution in [3.8, 4) is 16.4 Å². The van der Waals surface area contributed by atoms with Crippen LogP contribution in [0.15, 0.2) is 60.0 Å². The lowest BCUT2D eigenvalue weighted by Crippen LogP contribution is -2.16. The Kier molecular flexibility index (Phi) is 5.32. The molecule has 4 rings (SSSR count). The third-order valence-corrected chi connectivity index (χ3v) is 5.15. The van der Waals surface area contributed by atoms with Gasteiger partial charge in [0.15, 0.2) is 0 Å². The van der Waals surface area contributed by atoms with Gasteiger partial charge in [-0.2, -0.15) is 23.0 Å². The van der Waals surface area contributed by atoms with Crippen LogP contribution in [0, 0.1) is 12.7 Å². The lowest BCUT2D eigenvalue weighted by atomic mass is 10.1. The van der Waals surface area contributed by atoms with Gasteiger partial charge in [-0.05, 0) is 49.4 Å². The number of nitrogens with one attached hydrogen (secondary N) is 1. The number of halogens is 4. The Morgan fingerprint density at radius 3 is 2.55 bits per heavy atom. The molecule has 0 unspecified atom stereocenters. The number of aromatic nitrogens is 3. The molecule has 0 fully saturated rings. The first kappa shape index (κ1) is 20.7. The molecule has 0 atom stereocenters. The zero-order chi connectivity index (χ0) is 22.2. The van der Waals surface area contributed by atoms with Crippen LogP contribution in [-0.4, -0.2) is 20.7 Å². The second-order valence-corrected chi connectivity index (χ2v) is 7.47. The highest BCUT2D eigenvalue weighted by Crippen LogP contribution is 2.30. The molecule has 0 radical (unpaired) electrons. The summed E-state index contributed by atoms with van der Waals surface area (Å²) >= 11 is 1.25. The van der Waals surface area contributed by atoms with Crippen LogP contribution in [-0.2, 0) is 6.18 Å². The summed E-state index contributed by atoms with van der Waals surface area (Å²) in [5.74, 6) is -0.802. The van der Waals surface area contributed by atoms with Crippen molar-refractivity contribution in [2.75, 3.05) is 5.32 Å². The zero-order valence-electron chi connectivity index (χ0n) is 15.9. The number of rotatable bonds is 4. The van der Waals surface area contributed by atoms with Gasteiger partial charge in [0.2, 0.25) is 5.13 Å². The number of aryl methyl sites for hydroxylation is 1. The summed E-state index contributed by atoms with van der Waals surface area (Å²) in [5.41, 5.74) is 0.851. The highest BCUT2D eigenvalue weighted by molar-refractivity contribution is 7.12. The first-order valence-electron chi connectivity index (χ1n) is 8.98. The lowest BCUT2D eigenvalue weighted by Gasteiger charge is -2.09. The van der Waals surface area contributed by atoms with E-state index in [0.29, 0.717) is 22.1 Å². The van der Waals surface area contributed by atoms with Crippen molar-refractivity contribution in [3.05, 3.63) is 82.6 Å². The number of hydrogen-bond donors (Lipinski definition) is 1. The van der Waals surface area contributed by atoms with Gasteiger partial charge in [0.25, 0.3) is 5.91 Å². The van der Waals surface area contributed by atoms with Crippen molar-refractivity contribution in [2.45, 2.75) is 13.1 Å². The molecular formula is C21H14F4N4OS. The van der Waals surface area contributed by atoms with Gasteiger partial charge in [-0.1, -0.05) is 6.07 Å². The molecule has 0 saturated heterocycles. The summed E-state index contributed by atoms with van der Waals surface area (Å²) < 4.78 is 53.4. The molecular weight excluding hydrogens is 432 g/mol. The number of alkyl halides is 3. The van der Waals surface area contributed by atoms with Crippen LogP contribution in [0.5, 0.6) is 0 Å². The predicted octanol–water partition coefficient (Wildman–Crippen LogP) is 5.71. The molecule has 31 heavy (non-hydrogen) atoms. The Morgan fingerprint density at radius 1 is 1.10 bits per heavy atom. The minimum Gasteiger partial charge on any atom is -0.306 e. The van der Waals surface area contributed by atoms with Crippen LogP contribution in [0.25, 0.3) is 16.4 Å². The highest BCUT2D eigenvalue weighted by atomic mass is 32.1. The van der Waals surface area contributed by atoms with E-state index in [4.69, 9.17) is 0 Å². The van der Waals surface area contributed by atoms with Gasteiger partial charge in [-0.25, -0.2) is 9.37 Å². The fourth-order valence-corrected chi connectivity index (χ4v) is 3.67. The largest absolute Gasteiger partial charge is 0.416 e. The minimum atomic E-state index is -4.55. The molecule has 1 amide bonds. The fraction of sp³-hybridized carbons (Fsp3) is 0.0952. The van der Waals surface area contributed by atoms with E-state index in [2.05, 4.69) is 15.4 Å². The Balaban J connectivity index is 1.61. The van der Waals surface area contributed by atoms with Crippen LogP contribution in [0.1, 0.15) is 21.6 Å². The van der Waals surface area contributed by atoms with E-state index in [9.17, 15) is 22.4 Å². The predicted molar refractivity (Wildman–Crippen MR) is 109 cm³/mol. The Hall–Kier alpha value is -3.53. The van der Waals surface area contributed by atoms with Crippen molar-refractivity contribution < 1.29 is 22.4 Å². The highest BCUT2D eigenvalue weighted by Gasteiger charge is 2.31. The first-order valence-corrected chi connectivity index (χ1v) is 9.86. The van der Waals surface area contributed by atoms with E-state index in [1.807, 2.05) is 0 Å². The van der Waals surface area contributed by atoms with Crippen LogP contribution in [0.3, 0.4) is 0 Å². The number of benzene rings is 2. The third kappa shape index (κ3) is 4.48. The lowest BCUT2D eigenvalue weighted by molar-refractivity contribution is -0.137. The molecule has 0 aliphatic carbocycles. The molecule has 158 valence electrons. The maximum Gasteiger partial charge on any atom is 0.416 e. The minimum absolute atomic E-state index is 0.133. The van der Waals surface area contributed by atoms with Crippen molar-refractivity contribution in [1.29, 1.82) is 0 Å². The zero-order valence-corrected chi connectivity index (χ0v) is 16.8. The van der Waals surface area contributed by atoms with Crippen LogP contribution in [0.2, 0.25) is 0 Å². The number of hydrogen-bond acceptors (Lipinski definition) is 4. The molecule has 0 aliphatic rings. The van der Waals surface area contributed by atoms with Crippen molar-refractivity contribution in [2.24, 2.45) is 0 Å². The molecule has 1 N–H and O–H groups in total. The summed E-state index contributed by atoms with van der Waals surface area (Å²) in [6, 6.07) is 11.6. The molecule has 2 aromatic heterocycles. The topological polar surface area (TPSA) is 59.8 Å². The Labute approximate surface area is 178 Å². The van der Waals surface area contributed by atoms with Crippen LogP contribution in [0.4, 0.5) is 23.4 Å². The SMILES string of the molecule is Cc1cc(NC(=O)c2cccc(C(F)(F)F)c2)n(-c2nc(-c3ccc(F)cc3)cs2)n1. The van der Waals surface area contributed by atoms with E-state index in [-0.39, 0.29) is 17.2 Å². The molecule has 2 aromatic carbocycles. The van der Waals surface area contributed by atoms with E-state index in [1.54, 1.807) is 30.5 Å². The number of thiazole rings is 1. The van der Waals surface area contributed by atoms with E-state index < -0.39 is 17.6 Å². The van der Waals surface area contributed by atoms with E-state index in [0.717, 1.165) is 12.1 Å². The molecule has 10 heteroatoms. The molecule has 0 aliphatic heterocycles. The summed E-state index contributed by atoms with van der Waals surface area (Å²) in [5, 5.41) is 9.11. The molecule has 4 aromatic rings. The maximum atomic E-state index is 13.1. The van der Waals surface area contributed by atoms with Gasteiger partial charge in [-0.3, -0.25) is 4.79 Å². The van der Waals surface area contributed by atoms with Gasteiger partial charge in [0.05, 0.1) is 17.0 Å². The number of anilines is 1. The summed E-state index contributed by atoms with van der Waals surface area (Å²) in [6.45, 7) is 1.71. The number of carbonyl (C=O) groups is 1. The van der Waals surface area contributed by atoms with Crippen LogP contribution >= 0.6 is 11.3 Å². The smallest absolute Gasteiger partial charge is 0.306 e. The van der Waals surface area contributed by atoms with Gasteiger partial charge in [0, 0.05) is 22.6 Å². The normalized spacial score (nSPS) is 11.5. The van der Waals surface area contributed by atoms with E-state index >= 15 is 0 Å². The maximum absolute atomic E-state index is 13.1.